The summed E-state index contributed by atoms with van der Waals surface area (Å²) in [5, 5.41) is 7.70. The van der Waals surface area contributed by atoms with E-state index in [0.29, 0.717) is 12.8 Å². The Bertz CT molecular complexity index is 843. The minimum atomic E-state index is -0.682. The third kappa shape index (κ3) is 9.00. The van der Waals surface area contributed by atoms with Gasteiger partial charge in [-0.2, -0.15) is 0 Å². The molecule has 2 atom stereocenters. The maximum Gasteiger partial charge on any atom is 0.0714 e. The van der Waals surface area contributed by atoms with E-state index in [1.165, 1.54) is 0 Å². The van der Waals surface area contributed by atoms with Crippen LogP contribution in [0.2, 0.25) is 0 Å². The zero-order chi connectivity index (χ0) is 23.5. The Morgan fingerprint density at radius 3 is 1.34 bits per heavy atom. The lowest BCUT2D eigenvalue weighted by Crippen LogP contribution is -2.39. The van der Waals surface area contributed by atoms with Gasteiger partial charge in [0, 0.05) is 22.7 Å². The van der Waals surface area contributed by atoms with Crippen molar-refractivity contribution >= 4 is 0 Å². The van der Waals surface area contributed by atoms with Gasteiger partial charge in [-0.05, 0) is 49.9 Å². The average molecular weight is 437 g/mol. The van der Waals surface area contributed by atoms with Crippen LogP contribution in [0.25, 0.3) is 20.9 Å². The molecule has 0 fully saturated rings. The van der Waals surface area contributed by atoms with Crippen LogP contribution in [0.4, 0.5) is 0 Å². The second-order valence-electron chi connectivity index (χ2n) is 9.01. The van der Waals surface area contributed by atoms with Gasteiger partial charge in [0.15, 0.2) is 0 Å². The Balaban J connectivity index is 2.02. The zero-order valence-corrected chi connectivity index (χ0v) is 19.3. The normalized spacial score (nSPS) is 13.5. The monoisotopic (exact) mass is 436 g/mol. The van der Waals surface area contributed by atoms with E-state index in [4.69, 9.17) is 20.5 Å². The summed E-state index contributed by atoms with van der Waals surface area (Å²) in [7, 11) is 0. The number of hydrogen-bond donors (Lipinski definition) is 0. The molecule has 0 heterocycles. The highest BCUT2D eigenvalue weighted by Crippen LogP contribution is 2.21. The molecule has 2 aromatic carbocycles. The lowest BCUT2D eigenvalue weighted by molar-refractivity contribution is -0.0472. The molecule has 8 nitrogen and oxygen atoms in total. The maximum atomic E-state index is 9.07. The molecule has 0 spiro atoms. The average Bonchev–Trinajstić information content (AvgIpc) is 2.75. The van der Waals surface area contributed by atoms with Gasteiger partial charge in [0.05, 0.1) is 36.5 Å². The molecule has 0 bridgehead atoms. The van der Waals surface area contributed by atoms with Crippen molar-refractivity contribution in [3.05, 3.63) is 92.7 Å². The minimum Gasteiger partial charge on any atom is -0.375 e. The zero-order valence-electron chi connectivity index (χ0n) is 19.3. The number of azide groups is 2. The molecule has 0 saturated carbocycles. The Morgan fingerprint density at radius 2 is 1.03 bits per heavy atom. The number of hydrogen-bond acceptors (Lipinski definition) is 4. The van der Waals surface area contributed by atoms with Crippen LogP contribution in [0.15, 0.2) is 70.9 Å². The lowest BCUT2D eigenvalue weighted by atomic mass is 9.98. The Morgan fingerprint density at radius 1 is 0.688 bits per heavy atom. The van der Waals surface area contributed by atoms with E-state index in [1.54, 1.807) is 0 Å². The highest BCUT2D eigenvalue weighted by atomic mass is 16.5. The van der Waals surface area contributed by atoms with Gasteiger partial charge in [-0.1, -0.05) is 70.9 Å². The molecule has 0 amide bonds. The Hall–Kier alpha value is -3.02. The van der Waals surface area contributed by atoms with Crippen molar-refractivity contribution in [3.8, 4) is 0 Å². The first-order valence-corrected chi connectivity index (χ1v) is 10.7. The van der Waals surface area contributed by atoms with Crippen molar-refractivity contribution in [1.29, 1.82) is 0 Å². The Kier molecular flexibility index (Phi) is 9.57. The first kappa shape index (κ1) is 25.2. The summed E-state index contributed by atoms with van der Waals surface area (Å²) < 4.78 is 12.2. The summed E-state index contributed by atoms with van der Waals surface area (Å²) in [5.74, 6) is 0. The quantitative estimate of drug-likeness (QED) is 0.205. The molecule has 32 heavy (non-hydrogen) atoms. The summed E-state index contributed by atoms with van der Waals surface area (Å²) in [6, 6.07) is 18.7. The summed E-state index contributed by atoms with van der Waals surface area (Å²) >= 11 is 0. The first-order chi connectivity index (χ1) is 15.2. The van der Waals surface area contributed by atoms with Gasteiger partial charge in [-0.25, -0.2) is 0 Å². The van der Waals surface area contributed by atoms with Crippen molar-refractivity contribution in [1.82, 2.24) is 0 Å². The van der Waals surface area contributed by atoms with E-state index in [2.05, 4.69) is 20.1 Å². The smallest absolute Gasteiger partial charge is 0.0714 e. The van der Waals surface area contributed by atoms with E-state index in [1.807, 2.05) is 88.4 Å². The van der Waals surface area contributed by atoms with Gasteiger partial charge in [-0.3, -0.25) is 0 Å². The van der Waals surface area contributed by atoms with Crippen LogP contribution in [0, 0.1) is 0 Å². The molecule has 170 valence electrons. The van der Waals surface area contributed by atoms with E-state index in [0.717, 1.165) is 11.1 Å². The van der Waals surface area contributed by atoms with Crippen molar-refractivity contribution < 1.29 is 9.47 Å². The molecule has 2 rings (SSSR count). The van der Waals surface area contributed by atoms with Crippen LogP contribution in [-0.4, -0.2) is 36.5 Å². The molecular weight excluding hydrogens is 404 g/mol. The van der Waals surface area contributed by atoms with Crippen LogP contribution in [-0.2, 0) is 22.3 Å². The van der Waals surface area contributed by atoms with Gasteiger partial charge in [0.2, 0.25) is 0 Å². The van der Waals surface area contributed by atoms with Gasteiger partial charge in [0.1, 0.15) is 0 Å². The van der Waals surface area contributed by atoms with Crippen molar-refractivity contribution in [2.24, 2.45) is 10.2 Å². The molecule has 0 aliphatic heterocycles. The molecular formula is C24H32N6O2. The highest BCUT2D eigenvalue weighted by molar-refractivity contribution is 5.17. The SMILES string of the molecule is CC(C)(Cc1ccccc1)OC[C@H](N=[N+]=[N-])[C@H](COC(C)(C)Cc1ccccc1)N=[N+]=[N-]. The summed E-state index contributed by atoms with van der Waals surface area (Å²) in [5.41, 5.74) is 19.5. The fourth-order valence-corrected chi connectivity index (χ4v) is 3.47. The number of benzene rings is 2. The fourth-order valence-electron chi connectivity index (χ4n) is 3.47. The summed E-state index contributed by atoms with van der Waals surface area (Å²) in [6.07, 6.45) is 1.40. The van der Waals surface area contributed by atoms with Crippen LogP contribution in [0.1, 0.15) is 38.8 Å². The lowest BCUT2D eigenvalue weighted by Gasteiger charge is -2.31. The molecule has 0 aliphatic carbocycles. The number of rotatable bonds is 13. The van der Waals surface area contributed by atoms with Crippen molar-refractivity contribution in [2.75, 3.05) is 13.2 Å². The topological polar surface area (TPSA) is 116 Å². The van der Waals surface area contributed by atoms with Gasteiger partial charge in [-0.15, -0.1) is 0 Å². The number of nitrogens with zero attached hydrogens (tertiary/aromatic N) is 6. The van der Waals surface area contributed by atoms with Crippen molar-refractivity contribution in [2.45, 2.75) is 63.8 Å². The molecule has 0 N–H and O–H groups in total. The van der Waals surface area contributed by atoms with Crippen LogP contribution < -0.4 is 0 Å². The van der Waals surface area contributed by atoms with E-state index in [9.17, 15) is 0 Å². The van der Waals surface area contributed by atoms with Gasteiger partial charge < -0.3 is 9.47 Å². The number of ether oxygens (including phenoxy) is 2. The minimum absolute atomic E-state index is 0.121. The van der Waals surface area contributed by atoms with Crippen molar-refractivity contribution in [3.63, 3.8) is 0 Å². The molecule has 0 aromatic heterocycles. The third-order valence-corrected chi connectivity index (χ3v) is 5.08. The predicted molar refractivity (Wildman–Crippen MR) is 126 cm³/mol. The molecule has 0 unspecified atom stereocenters. The van der Waals surface area contributed by atoms with Crippen LogP contribution >= 0.6 is 0 Å². The second kappa shape index (κ2) is 12.1. The first-order valence-electron chi connectivity index (χ1n) is 10.7. The summed E-state index contributed by atoms with van der Waals surface area (Å²) in [4.78, 5) is 5.88. The third-order valence-electron chi connectivity index (χ3n) is 5.08. The summed E-state index contributed by atoms with van der Waals surface area (Å²) in [6.45, 7) is 8.17. The molecule has 0 saturated heterocycles. The molecule has 0 radical (unpaired) electrons. The Labute approximate surface area is 189 Å². The van der Waals surface area contributed by atoms with Gasteiger partial charge in [0.25, 0.3) is 0 Å². The molecule has 0 aliphatic rings. The second-order valence-corrected chi connectivity index (χ2v) is 9.01. The maximum absolute atomic E-state index is 9.07. The van der Waals surface area contributed by atoms with Crippen LogP contribution in [0.5, 0.6) is 0 Å². The molecule has 8 heteroatoms. The van der Waals surface area contributed by atoms with E-state index in [-0.39, 0.29) is 13.2 Å². The largest absolute Gasteiger partial charge is 0.375 e. The standard InChI is InChI=1S/C24H32N6O2/c1-23(2,15-19-11-7-5-8-12-19)31-17-21(27-29-25)22(28-30-26)18-32-24(3,4)16-20-13-9-6-10-14-20/h5-14,21-22H,15-18H2,1-4H3/t21-,22-/m0/s1. The van der Waals surface area contributed by atoms with Crippen LogP contribution in [0.3, 0.4) is 0 Å². The van der Waals surface area contributed by atoms with E-state index < -0.39 is 23.3 Å². The van der Waals surface area contributed by atoms with E-state index >= 15 is 0 Å². The predicted octanol–water partition coefficient (Wildman–Crippen LogP) is 6.42. The van der Waals surface area contributed by atoms with Gasteiger partial charge >= 0.3 is 0 Å². The molecule has 2 aromatic rings. The highest BCUT2D eigenvalue weighted by Gasteiger charge is 2.28. The fraction of sp³-hybridized carbons (Fsp3) is 0.500.